The van der Waals surface area contributed by atoms with Gasteiger partial charge in [-0.2, -0.15) is 0 Å². The van der Waals surface area contributed by atoms with Gasteiger partial charge in [-0.3, -0.25) is 14.5 Å². The maximum atomic E-state index is 12.5. The number of rotatable bonds is 8. The molecule has 7 heteroatoms. The fraction of sp³-hybridized carbons (Fsp3) is 0.676. The van der Waals surface area contributed by atoms with Crippen LogP contribution in [0.4, 0.5) is 0 Å². The first-order valence-electron chi connectivity index (χ1n) is 16.9. The Bertz CT molecular complexity index is 1310. The van der Waals surface area contributed by atoms with Gasteiger partial charge in [0.15, 0.2) is 11.5 Å². The molecule has 0 spiro atoms. The van der Waals surface area contributed by atoms with Gasteiger partial charge >= 0.3 is 11.9 Å². The van der Waals surface area contributed by atoms with Gasteiger partial charge in [-0.1, -0.05) is 37.6 Å². The van der Waals surface area contributed by atoms with Gasteiger partial charge in [0.1, 0.15) is 18.8 Å². The number of methoxy groups -OCH3 is 1. The Morgan fingerprint density at radius 2 is 1.75 bits per heavy atom. The monoisotopic (exact) mass is 605 g/mol. The van der Waals surface area contributed by atoms with Gasteiger partial charge in [0.25, 0.3) is 0 Å². The Morgan fingerprint density at radius 3 is 2.48 bits per heavy atom. The van der Waals surface area contributed by atoms with E-state index in [2.05, 4.69) is 43.0 Å². The molecule has 0 radical (unpaired) electrons. The molecule has 1 aliphatic heterocycles. The smallest absolute Gasteiger partial charge is 0.303 e. The fourth-order valence-electron chi connectivity index (χ4n) is 9.72. The van der Waals surface area contributed by atoms with Crippen molar-refractivity contribution in [3.05, 3.63) is 41.0 Å². The van der Waals surface area contributed by atoms with E-state index in [-0.39, 0.29) is 35.0 Å². The highest BCUT2D eigenvalue weighted by Crippen LogP contribution is 2.66. The molecular formula is C37H51NO6. The first-order chi connectivity index (χ1) is 21.1. The van der Waals surface area contributed by atoms with Crippen LogP contribution in [0.2, 0.25) is 0 Å². The molecule has 4 aliphatic carbocycles. The lowest BCUT2D eigenvalue weighted by Gasteiger charge is -2.57. The van der Waals surface area contributed by atoms with Crippen molar-refractivity contribution in [3.8, 4) is 11.5 Å². The van der Waals surface area contributed by atoms with Crippen molar-refractivity contribution in [2.24, 2.45) is 28.6 Å². The third-order valence-corrected chi connectivity index (χ3v) is 11.9. The molecule has 0 aromatic heterocycles. The lowest BCUT2D eigenvalue weighted by molar-refractivity contribution is -0.154. The summed E-state index contributed by atoms with van der Waals surface area (Å²) in [6, 6.07) is 6.14. The number of esters is 2. The minimum atomic E-state index is -0.231. The zero-order valence-corrected chi connectivity index (χ0v) is 27.4. The summed E-state index contributed by atoms with van der Waals surface area (Å²) >= 11 is 0. The Labute approximate surface area is 263 Å². The Balaban J connectivity index is 1.25. The molecule has 5 aliphatic rings. The molecule has 7 nitrogen and oxygen atoms in total. The normalized spacial score (nSPS) is 35.7. The average Bonchev–Trinajstić information content (AvgIpc) is 3.59. The SMILES string of the molecule is COc1ccc(/C=C2\C[C@H]3[C@@H]4CC=C5C[C@@H](OC(C)=O)CC[C@]5(C)[C@H]4CC[C@]3(C)[C@H]2OC(C)=O)cc1OCCN1CCCC1. The van der Waals surface area contributed by atoms with Crippen LogP contribution < -0.4 is 9.47 Å². The summed E-state index contributed by atoms with van der Waals surface area (Å²) in [5, 5.41) is 0. The van der Waals surface area contributed by atoms with Gasteiger partial charge in [0.2, 0.25) is 0 Å². The van der Waals surface area contributed by atoms with Crippen molar-refractivity contribution in [1.82, 2.24) is 4.90 Å². The number of carbonyl (C=O) groups excluding carboxylic acids is 2. The highest BCUT2D eigenvalue weighted by Gasteiger charge is 2.61. The minimum absolute atomic E-state index is 0.00480. The van der Waals surface area contributed by atoms with Gasteiger partial charge < -0.3 is 18.9 Å². The minimum Gasteiger partial charge on any atom is -0.493 e. The summed E-state index contributed by atoms with van der Waals surface area (Å²) in [5.41, 5.74) is 3.79. The molecule has 0 bridgehead atoms. The van der Waals surface area contributed by atoms with Gasteiger partial charge in [-0.05, 0) is 111 Å². The fourth-order valence-corrected chi connectivity index (χ4v) is 9.72. The number of ether oxygens (including phenoxy) is 4. The molecule has 44 heavy (non-hydrogen) atoms. The predicted molar refractivity (Wildman–Crippen MR) is 170 cm³/mol. The van der Waals surface area contributed by atoms with Crippen LogP contribution in [-0.2, 0) is 19.1 Å². The van der Waals surface area contributed by atoms with Crippen molar-refractivity contribution in [3.63, 3.8) is 0 Å². The average molecular weight is 606 g/mol. The van der Waals surface area contributed by atoms with Crippen LogP contribution in [0, 0.1) is 28.6 Å². The van der Waals surface area contributed by atoms with E-state index in [4.69, 9.17) is 18.9 Å². The van der Waals surface area contributed by atoms with Crippen molar-refractivity contribution in [1.29, 1.82) is 0 Å². The number of nitrogens with zero attached hydrogens (tertiary/aromatic N) is 1. The lowest BCUT2D eigenvalue weighted by Crippen LogP contribution is -2.51. The predicted octanol–water partition coefficient (Wildman–Crippen LogP) is 6.99. The van der Waals surface area contributed by atoms with E-state index < -0.39 is 0 Å². The molecule has 240 valence electrons. The van der Waals surface area contributed by atoms with E-state index in [1.807, 2.05) is 6.07 Å². The second-order valence-electron chi connectivity index (χ2n) is 14.5. The molecule has 1 aromatic carbocycles. The number of likely N-dealkylation sites (tertiary alicyclic amines) is 1. The van der Waals surface area contributed by atoms with Crippen LogP contribution >= 0.6 is 0 Å². The molecule has 1 saturated heterocycles. The number of benzene rings is 1. The van der Waals surface area contributed by atoms with E-state index in [1.165, 1.54) is 37.8 Å². The van der Waals surface area contributed by atoms with E-state index in [0.717, 1.165) is 81.6 Å². The van der Waals surface area contributed by atoms with Crippen molar-refractivity contribution < 1.29 is 28.5 Å². The highest BCUT2D eigenvalue weighted by molar-refractivity contribution is 5.68. The number of allylic oxidation sites excluding steroid dienone is 1. The molecular weight excluding hydrogens is 554 g/mol. The van der Waals surface area contributed by atoms with Crippen molar-refractivity contribution >= 4 is 18.0 Å². The third-order valence-electron chi connectivity index (χ3n) is 11.9. The number of hydrogen-bond donors (Lipinski definition) is 0. The van der Waals surface area contributed by atoms with Gasteiger partial charge in [-0.15, -0.1) is 0 Å². The molecule has 7 atom stereocenters. The zero-order valence-electron chi connectivity index (χ0n) is 27.4. The zero-order chi connectivity index (χ0) is 31.1. The third kappa shape index (κ3) is 5.93. The first-order valence-corrected chi connectivity index (χ1v) is 16.9. The molecule has 0 N–H and O–H groups in total. The summed E-state index contributed by atoms with van der Waals surface area (Å²) in [6.45, 7) is 11.7. The molecule has 0 unspecified atom stereocenters. The Morgan fingerprint density at radius 1 is 0.977 bits per heavy atom. The molecule has 0 amide bonds. The number of carbonyl (C=O) groups is 2. The van der Waals surface area contributed by atoms with Gasteiger partial charge in [0.05, 0.1) is 7.11 Å². The summed E-state index contributed by atoms with van der Waals surface area (Å²) in [5.74, 6) is 2.67. The maximum absolute atomic E-state index is 12.5. The lowest BCUT2D eigenvalue weighted by atomic mass is 9.48. The van der Waals surface area contributed by atoms with Crippen LogP contribution in [0.3, 0.4) is 0 Å². The quantitative estimate of drug-likeness (QED) is 0.234. The van der Waals surface area contributed by atoms with E-state index in [1.54, 1.807) is 7.11 Å². The van der Waals surface area contributed by atoms with Crippen LogP contribution in [-0.4, -0.2) is 62.4 Å². The molecule has 6 rings (SSSR count). The molecule has 4 fully saturated rings. The Kier molecular flexibility index (Phi) is 8.89. The van der Waals surface area contributed by atoms with Gasteiger partial charge in [-0.25, -0.2) is 0 Å². The van der Waals surface area contributed by atoms with E-state index >= 15 is 0 Å². The summed E-state index contributed by atoms with van der Waals surface area (Å²) in [4.78, 5) is 26.6. The van der Waals surface area contributed by atoms with Gasteiger partial charge in [0, 0.05) is 32.2 Å². The van der Waals surface area contributed by atoms with E-state index in [9.17, 15) is 9.59 Å². The Hall–Kier alpha value is -2.80. The van der Waals surface area contributed by atoms with Crippen LogP contribution in [0.5, 0.6) is 11.5 Å². The summed E-state index contributed by atoms with van der Waals surface area (Å²) in [7, 11) is 1.68. The van der Waals surface area contributed by atoms with E-state index in [0.29, 0.717) is 24.4 Å². The van der Waals surface area contributed by atoms with Crippen LogP contribution in [0.25, 0.3) is 6.08 Å². The standard InChI is InChI=1S/C37H51NO6/c1-24(39)43-29-12-14-36(3)28(23-29)9-10-30-31(36)13-15-37(4)32(30)22-27(35(37)44-25(2)40)20-26-8-11-33(41-5)34(21-26)42-19-18-38-16-6-7-17-38/h8-9,11,20-21,29-32,35H,6-7,10,12-19,22-23H2,1-5H3/b27-20+/t29-,30+,31-,32-,35-,36-,37-/m0/s1. The molecule has 3 saturated carbocycles. The number of fused-ring (bicyclic) bond motifs is 5. The van der Waals surface area contributed by atoms with Crippen molar-refractivity contribution in [2.45, 2.75) is 97.7 Å². The molecule has 1 heterocycles. The summed E-state index contributed by atoms with van der Waals surface area (Å²) in [6.07, 6.45) is 14.0. The largest absolute Gasteiger partial charge is 0.493 e. The number of hydrogen-bond acceptors (Lipinski definition) is 7. The topological polar surface area (TPSA) is 74.3 Å². The highest BCUT2D eigenvalue weighted by atomic mass is 16.5. The van der Waals surface area contributed by atoms with Crippen LogP contribution in [0.15, 0.2) is 35.4 Å². The van der Waals surface area contributed by atoms with Crippen molar-refractivity contribution in [2.75, 3.05) is 33.4 Å². The maximum Gasteiger partial charge on any atom is 0.303 e. The van der Waals surface area contributed by atoms with Crippen LogP contribution in [0.1, 0.15) is 91.0 Å². The first kappa shape index (κ1) is 31.2. The molecule has 1 aromatic rings. The second kappa shape index (κ2) is 12.5. The second-order valence-corrected chi connectivity index (χ2v) is 14.5. The summed E-state index contributed by atoms with van der Waals surface area (Å²) < 4.78 is 23.7.